The summed E-state index contributed by atoms with van der Waals surface area (Å²) in [5.41, 5.74) is 2.08. The first-order valence-electron chi connectivity index (χ1n) is 9.75. The minimum Gasteiger partial charge on any atom is -0.381 e. The van der Waals surface area contributed by atoms with Crippen LogP contribution in [0.15, 0.2) is 29.3 Å². The van der Waals surface area contributed by atoms with E-state index in [1.807, 2.05) is 18.2 Å². The number of aliphatic imine (C=N–C) groups is 1. The normalized spacial score (nSPS) is 19.7. The summed E-state index contributed by atoms with van der Waals surface area (Å²) in [6.45, 7) is 6.00. The van der Waals surface area contributed by atoms with Crippen molar-refractivity contribution >= 4 is 17.6 Å². The van der Waals surface area contributed by atoms with Gasteiger partial charge in [-0.3, -0.25) is 9.79 Å². The second-order valence-corrected chi connectivity index (χ2v) is 7.05. The Labute approximate surface area is 155 Å². The van der Waals surface area contributed by atoms with Crippen LogP contribution in [0.25, 0.3) is 0 Å². The average Bonchev–Trinajstić information content (AvgIpc) is 3.46. The molecule has 3 rings (SSSR count). The van der Waals surface area contributed by atoms with Crippen LogP contribution in [0.5, 0.6) is 0 Å². The zero-order valence-corrected chi connectivity index (χ0v) is 15.6. The summed E-state index contributed by atoms with van der Waals surface area (Å²) in [4.78, 5) is 16.6. The van der Waals surface area contributed by atoms with Gasteiger partial charge in [-0.25, -0.2) is 0 Å². The lowest BCUT2D eigenvalue weighted by molar-refractivity contribution is -0.116. The highest BCUT2D eigenvalue weighted by atomic mass is 16.5. The highest BCUT2D eigenvalue weighted by Gasteiger charge is 2.24. The van der Waals surface area contributed by atoms with Crippen molar-refractivity contribution in [1.29, 1.82) is 0 Å². The lowest BCUT2D eigenvalue weighted by atomic mass is 9.91. The fourth-order valence-electron chi connectivity index (χ4n) is 3.12. The Morgan fingerprint density at radius 2 is 2.15 bits per heavy atom. The largest absolute Gasteiger partial charge is 0.381 e. The van der Waals surface area contributed by atoms with Gasteiger partial charge in [0.2, 0.25) is 5.91 Å². The number of nitrogens with zero attached hydrogens (tertiary/aromatic N) is 1. The number of fused-ring (bicyclic) bond motifs is 1. The van der Waals surface area contributed by atoms with Crippen molar-refractivity contribution in [1.82, 2.24) is 10.6 Å². The molecule has 0 bridgehead atoms. The van der Waals surface area contributed by atoms with Crippen molar-refractivity contribution in [2.45, 2.75) is 38.5 Å². The van der Waals surface area contributed by atoms with Crippen molar-refractivity contribution in [2.75, 3.05) is 38.2 Å². The minimum absolute atomic E-state index is 0.0645. The van der Waals surface area contributed by atoms with E-state index >= 15 is 0 Å². The number of carbonyl (C=O) groups excluding carboxylic acids is 1. The van der Waals surface area contributed by atoms with Crippen LogP contribution in [-0.2, 0) is 9.53 Å². The van der Waals surface area contributed by atoms with E-state index in [1.54, 1.807) is 0 Å². The predicted molar refractivity (Wildman–Crippen MR) is 105 cm³/mol. The van der Waals surface area contributed by atoms with Crippen LogP contribution in [-0.4, -0.2) is 44.7 Å². The van der Waals surface area contributed by atoms with Crippen LogP contribution >= 0.6 is 0 Å². The fraction of sp³-hybridized carbons (Fsp3) is 0.600. The first-order valence-corrected chi connectivity index (χ1v) is 9.75. The molecule has 2 aliphatic rings. The van der Waals surface area contributed by atoms with Gasteiger partial charge in [0.15, 0.2) is 5.96 Å². The molecule has 26 heavy (non-hydrogen) atoms. The monoisotopic (exact) mass is 358 g/mol. The highest BCUT2D eigenvalue weighted by molar-refractivity contribution is 5.94. The van der Waals surface area contributed by atoms with Crippen LogP contribution < -0.4 is 16.0 Å². The van der Waals surface area contributed by atoms with E-state index in [0.29, 0.717) is 13.0 Å². The summed E-state index contributed by atoms with van der Waals surface area (Å²) in [5.74, 6) is 1.81. The molecule has 1 amide bonds. The Bertz CT molecular complexity index is 628. The van der Waals surface area contributed by atoms with Gasteiger partial charge in [0, 0.05) is 44.3 Å². The fourth-order valence-corrected chi connectivity index (χ4v) is 3.12. The maximum atomic E-state index is 11.9. The summed E-state index contributed by atoms with van der Waals surface area (Å²) in [5, 5.41) is 9.57. The number of guanidine groups is 1. The maximum absolute atomic E-state index is 11.9. The lowest BCUT2D eigenvalue weighted by Gasteiger charge is -2.24. The molecule has 0 spiro atoms. The van der Waals surface area contributed by atoms with Crippen LogP contribution in [0.3, 0.4) is 0 Å². The first kappa shape index (κ1) is 18.7. The van der Waals surface area contributed by atoms with Crippen LogP contribution in [0, 0.1) is 5.92 Å². The van der Waals surface area contributed by atoms with Gasteiger partial charge in [-0.2, -0.15) is 0 Å². The smallest absolute Gasteiger partial charge is 0.225 e. The molecule has 1 aliphatic heterocycles. The van der Waals surface area contributed by atoms with Gasteiger partial charge in [-0.15, -0.1) is 0 Å². The van der Waals surface area contributed by atoms with E-state index in [1.165, 1.54) is 18.4 Å². The van der Waals surface area contributed by atoms with Gasteiger partial charge in [-0.05, 0) is 43.7 Å². The maximum Gasteiger partial charge on any atom is 0.225 e. The second kappa shape index (κ2) is 9.57. The van der Waals surface area contributed by atoms with E-state index in [-0.39, 0.29) is 11.8 Å². The summed E-state index contributed by atoms with van der Waals surface area (Å²) in [6.07, 6.45) is 4.11. The molecule has 142 valence electrons. The summed E-state index contributed by atoms with van der Waals surface area (Å²) >= 11 is 0. The summed E-state index contributed by atoms with van der Waals surface area (Å²) in [6, 6.07) is 7.99. The van der Waals surface area contributed by atoms with E-state index in [2.05, 4.69) is 28.9 Å². The van der Waals surface area contributed by atoms with Crippen molar-refractivity contribution in [3.63, 3.8) is 0 Å². The number of carbonyl (C=O) groups is 1. The molecular weight excluding hydrogens is 328 g/mol. The molecule has 1 unspecified atom stereocenters. The zero-order chi connectivity index (χ0) is 18.2. The van der Waals surface area contributed by atoms with E-state index in [9.17, 15) is 4.79 Å². The lowest BCUT2D eigenvalue weighted by Crippen LogP contribution is -2.38. The first-order chi connectivity index (χ1) is 12.8. The topological polar surface area (TPSA) is 74.8 Å². The number of hydrogen-bond donors (Lipinski definition) is 3. The number of rotatable bonds is 9. The van der Waals surface area contributed by atoms with Crippen LogP contribution in [0.1, 0.15) is 44.1 Å². The standard InChI is InChI=1S/C20H30N4O2/c1-2-21-20(22-10-5-11-26-14-15-8-9-15)23-13-16-12-19(25)24-18-7-4-3-6-17(16)18/h3-4,6-7,15-16H,2,5,8-14H2,1H3,(H,24,25)(H2,21,22,23). The van der Waals surface area contributed by atoms with E-state index < -0.39 is 0 Å². The molecule has 1 aromatic carbocycles. The molecule has 6 nitrogen and oxygen atoms in total. The Morgan fingerprint density at radius 3 is 2.96 bits per heavy atom. The number of amides is 1. The Balaban J connectivity index is 1.47. The number of hydrogen-bond acceptors (Lipinski definition) is 3. The third-order valence-corrected chi connectivity index (χ3v) is 4.73. The van der Waals surface area contributed by atoms with E-state index in [0.717, 1.165) is 50.3 Å². The third kappa shape index (κ3) is 5.73. The summed E-state index contributed by atoms with van der Waals surface area (Å²) < 4.78 is 5.66. The van der Waals surface area contributed by atoms with Gasteiger partial charge in [0.1, 0.15) is 0 Å². The highest BCUT2D eigenvalue weighted by Crippen LogP contribution is 2.32. The molecular formula is C20H30N4O2. The van der Waals surface area contributed by atoms with Gasteiger partial charge < -0.3 is 20.7 Å². The van der Waals surface area contributed by atoms with Crippen molar-refractivity contribution < 1.29 is 9.53 Å². The molecule has 1 aromatic rings. The minimum atomic E-state index is 0.0645. The zero-order valence-electron chi connectivity index (χ0n) is 15.6. The molecule has 6 heteroatoms. The number of para-hydroxylation sites is 1. The Morgan fingerprint density at radius 1 is 1.31 bits per heavy atom. The SMILES string of the molecule is CCNC(=NCC1CC(=O)Nc2ccccc21)NCCCOCC1CC1. The molecule has 0 radical (unpaired) electrons. The molecule has 1 saturated carbocycles. The average molecular weight is 358 g/mol. The third-order valence-electron chi connectivity index (χ3n) is 4.73. The number of ether oxygens (including phenoxy) is 1. The predicted octanol–water partition coefficient (Wildman–Crippen LogP) is 2.48. The number of anilines is 1. The second-order valence-electron chi connectivity index (χ2n) is 7.05. The van der Waals surface area contributed by atoms with Crippen LogP contribution in [0.4, 0.5) is 5.69 Å². The molecule has 0 aromatic heterocycles. The van der Waals surface area contributed by atoms with Crippen molar-refractivity contribution in [2.24, 2.45) is 10.9 Å². The molecule has 1 fully saturated rings. The summed E-state index contributed by atoms with van der Waals surface area (Å²) in [7, 11) is 0. The molecule has 0 saturated heterocycles. The number of benzene rings is 1. The van der Waals surface area contributed by atoms with Crippen molar-refractivity contribution in [3.05, 3.63) is 29.8 Å². The quantitative estimate of drug-likeness (QED) is 0.360. The molecule has 3 N–H and O–H groups in total. The number of nitrogens with one attached hydrogen (secondary N) is 3. The van der Waals surface area contributed by atoms with Gasteiger partial charge in [-0.1, -0.05) is 18.2 Å². The Kier molecular flexibility index (Phi) is 6.89. The van der Waals surface area contributed by atoms with Crippen molar-refractivity contribution in [3.8, 4) is 0 Å². The molecule has 1 heterocycles. The van der Waals surface area contributed by atoms with Crippen LogP contribution in [0.2, 0.25) is 0 Å². The van der Waals surface area contributed by atoms with Gasteiger partial charge in [0.05, 0.1) is 6.54 Å². The molecule has 1 aliphatic carbocycles. The van der Waals surface area contributed by atoms with Gasteiger partial charge in [0.25, 0.3) is 0 Å². The van der Waals surface area contributed by atoms with E-state index in [4.69, 9.17) is 9.73 Å². The molecule has 1 atom stereocenters. The van der Waals surface area contributed by atoms with Gasteiger partial charge >= 0.3 is 0 Å². The Hall–Kier alpha value is -2.08.